The number of amides is 1. The van der Waals surface area contributed by atoms with E-state index < -0.39 is 5.91 Å². The average Bonchev–Trinajstić information content (AvgIpc) is 2.38. The summed E-state index contributed by atoms with van der Waals surface area (Å²) in [6.45, 7) is 0. The number of nitrogens with two attached hydrogens (primary N) is 1. The van der Waals surface area contributed by atoms with Crippen molar-refractivity contribution >= 4 is 67.9 Å². The molecular formula is C14H9BrCl2N2OS. The van der Waals surface area contributed by atoms with E-state index in [2.05, 4.69) is 21.2 Å². The first kappa shape index (κ1) is 16.2. The van der Waals surface area contributed by atoms with Gasteiger partial charge in [-0.15, -0.1) is 0 Å². The molecule has 0 heterocycles. The lowest BCUT2D eigenvalue weighted by atomic mass is 10.1. The van der Waals surface area contributed by atoms with Crippen LogP contribution in [0.2, 0.25) is 10.0 Å². The molecule has 0 aromatic heterocycles. The van der Waals surface area contributed by atoms with Gasteiger partial charge in [-0.3, -0.25) is 4.79 Å². The number of nitrogens with one attached hydrogen (secondary N) is 1. The second kappa shape index (κ2) is 6.75. The van der Waals surface area contributed by atoms with E-state index in [1.54, 1.807) is 36.4 Å². The third-order valence-electron chi connectivity index (χ3n) is 2.69. The molecule has 0 aliphatic heterocycles. The van der Waals surface area contributed by atoms with Crippen LogP contribution in [-0.2, 0) is 0 Å². The summed E-state index contributed by atoms with van der Waals surface area (Å²) >= 11 is 20.3. The Bertz CT molecular complexity index is 717. The highest BCUT2D eigenvalue weighted by atomic mass is 79.9. The average molecular weight is 404 g/mol. The lowest BCUT2D eigenvalue weighted by Gasteiger charge is -2.12. The topological polar surface area (TPSA) is 55.1 Å². The maximum absolute atomic E-state index is 12.4. The molecule has 3 nitrogen and oxygen atoms in total. The summed E-state index contributed by atoms with van der Waals surface area (Å²) in [7, 11) is 0. The molecule has 0 aliphatic rings. The van der Waals surface area contributed by atoms with Gasteiger partial charge in [0.2, 0.25) is 0 Å². The zero-order valence-electron chi connectivity index (χ0n) is 10.5. The van der Waals surface area contributed by atoms with Crippen molar-refractivity contribution in [3.05, 3.63) is 62.0 Å². The van der Waals surface area contributed by atoms with Gasteiger partial charge in [0.25, 0.3) is 5.91 Å². The zero-order chi connectivity index (χ0) is 15.6. The molecule has 2 aromatic carbocycles. The normalized spacial score (nSPS) is 10.2. The largest absolute Gasteiger partial charge is 0.389 e. The molecule has 0 saturated carbocycles. The Morgan fingerprint density at radius 2 is 1.81 bits per heavy atom. The first-order valence-corrected chi connectivity index (χ1v) is 7.70. The van der Waals surface area contributed by atoms with Crippen LogP contribution in [-0.4, -0.2) is 10.9 Å². The second-order valence-corrected chi connectivity index (χ2v) is 6.27. The van der Waals surface area contributed by atoms with Crippen LogP contribution < -0.4 is 11.1 Å². The van der Waals surface area contributed by atoms with E-state index in [9.17, 15) is 4.79 Å². The molecule has 0 unspecified atom stereocenters. The number of hydrogen-bond donors (Lipinski definition) is 2. The minimum absolute atomic E-state index is 0.183. The maximum atomic E-state index is 12.4. The number of hydrogen-bond acceptors (Lipinski definition) is 2. The predicted molar refractivity (Wildman–Crippen MR) is 94.4 cm³/mol. The van der Waals surface area contributed by atoms with Crippen molar-refractivity contribution in [2.75, 3.05) is 5.32 Å². The molecule has 0 aliphatic carbocycles. The molecule has 0 spiro atoms. The number of carbonyl (C=O) groups is 1. The monoisotopic (exact) mass is 402 g/mol. The first-order chi connectivity index (χ1) is 9.90. The van der Waals surface area contributed by atoms with Crippen molar-refractivity contribution in [3.63, 3.8) is 0 Å². The lowest BCUT2D eigenvalue weighted by Crippen LogP contribution is -2.18. The zero-order valence-corrected chi connectivity index (χ0v) is 14.4. The smallest absolute Gasteiger partial charge is 0.258 e. The van der Waals surface area contributed by atoms with Gasteiger partial charge in [-0.2, -0.15) is 0 Å². The Labute approximate surface area is 145 Å². The van der Waals surface area contributed by atoms with Gasteiger partial charge in [-0.1, -0.05) is 57.4 Å². The summed E-state index contributed by atoms with van der Waals surface area (Å²) < 4.78 is 0.781. The SMILES string of the molecule is NC(=S)c1ccc(Br)cc1NC(=O)c1c(Cl)cccc1Cl. The fourth-order valence-corrected chi connectivity index (χ4v) is 2.84. The van der Waals surface area contributed by atoms with Crippen LogP contribution in [0, 0.1) is 0 Å². The van der Waals surface area contributed by atoms with E-state index in [1.807, 2.05) is 0 Å². The Balaban J connectivity index is 2.40. The van der Waals surface area contributed by atoms with Gasteiger partial charge in [0.15, 0.2) is 0 Å². The van der Waals surface area contributed by atoms with Gasteiger partial charge in [0, 0.05) is 10.0 Å². The molecule has 21 heavy (non-hydrogen) atoms. The van der Waals surface area contributed by atoms with Gasteiger partial charge in [-0.25, -0.2) is 0 Å². The van der Waals surface area contributed by atoms with Crippen molar-refractivity contribution in [2.24, 2.45) is 5.73 Å². The van der Waals surface area contributed by atoms with Crippen LogP contribution in [0.15, 0.2) is 40.9 Å². The van der Waals surface area contributed by atoms with E-state index in [-0.39, 0.29) is 20.6 Å². The molecule has 0 bridgehead atoms. The van der Waals surface area contributed by atoms with Gasteiger partial charge >= 0.3 is 0 Å². The first-order valence-electron chi connectivity index (χ1n) is 5.75. The van der Waals surface area contributed by atoms with Gasteiger partial charge in [-0.05, 0) is 30.3 Å². The minimum Gasteiger partial charge on any atom is -0.389 e. The van der Waals surface area contributed by atoms with Gasteiger partial charge in [0.05, 0.1) is 21.3 Å². The number of anilines is 1. The molecule has 3 N–H and O–H groups in total. The standard InChI is InChI=1S/C14H9BrCl2N2OS/c15-7-4-5-8(13(18)21)11(6-7)19-14(20)12-9(16)2-1-3-10(12)17/h1-6H,(H2,18,21)(H,19,20). The van der Waals surface area contributed by atoms with Gasteiger partial charge < -0.3 is 11.1 Å². The van der Waals surface area contributed by atoms with Crippen molar-refractivity contribution in [1.29, 1.82) is 0 Å². The van der Waals surface area contributed by atoms with E-state index >= 15 is 0 Å². The lowest BCUT2D eigenvalue weighted by molar-refractivity contribution is 0.102. The Kier molecular flexibility index (Phi) is 5.22. The Morgan fingerprint density at radius 1 is 1.19 bits per heavy atom. The molecule has 2 aromatic rings. The van der Waals surface area contributed by atoms with Crippen molar-refractivity contribution < 1.29 is 4.79 Å². The molecule has 0 atom stereocenters. The summed E-state index contributed by atoms with van der Waals surface area (Å²) in [4.78, 5) is 12.5. The van der Waals surface area contributed by atoms with Crippen LogP contribution >= 0.6 is 51.3 Å². The highest BCUT2D eigenvalue weighted by Gasteiger charge is 2.16. The van der Waals surface area contributed by atoms with Crippen LogP contribution in [0.5, 0.6) is 0 Å². The summed E-state index contributed by atoms with van der Waals surface area (Å²) in [5, 5.41) is 3.27. The molecule has 0 saturated heterocycles. The number of thiocarbonyl (C=S) groups is 1. The number of benzene rings is 2. The Hall–Kier alpha value is -1.14. The van der Waals surface area contributed by atoms with Crippen molar-refractivity contribution in [2.45, 2.75) is 0 Å². The summed E-state index contributed by atoms with van der Waals surface area (Å²) in [5.74, 6) is -0.429. The third-order valence-corrected chi connectivity index (χ3v) is 4.03. The quantitative estimate of drug-likeness (QED) is 0.733. The fourth-order valence-electron chi connectivity index (χ4n) is 1.73. The van der Waals surface area contributed by atoms with E-state index in [0.29, 0.717) is 11.3 Å². The highest BCUT2D eigenvalue weighted by Crippen LogP contribution is 2.27. The summed E-state index contributed by atoms with van der Waals surface area (Å²) in [6.07, 6.45) is 0. The van der Waals surface area contributed by atoms with Crippen molar-refractivity contribution in [1.82, 2.24) is 0 Å². The highest BCUT2D eigenvalue weighted by molar-refractivity contribution is 9.10. The molecule has 108 valence electrons. The maximum Gasteiger partial charge on any atom is 0.258 e. The van der Waals surface area contributed by atoms with Crippen LogP contribution in [0.4, 0.5) is 5.69 Å². The summed E-state index contributed by atoms with van der Waals surface area (Å²) in [6, 6.07) is 10.1. The molecule has 1 amide bonds. The number of halogens is 3. The van der Waals surface area contributed by atoms with E-state index in [0.717, 1.165) is 4.47 Å². The van der Waals surface area contributed by atoms with Crippen LogP contribution in [0.25, 0.3) is 0 Å². The molecule has 7 heteroatoms. The van der Waals surface area contributed by atoms with E-state index in [4.69, 9.17) is 41.2 Å². The summed E-state index contributed by atoms with van der Waals surface area (Å²) in [5.41, 5.74) is 6.90. The molecule has 0 radical (unpaired) electrons. The molecule has 2 rings (SSSR count). The van der Waals surface area contributed by atoms with E-state index in [1.165, 1.54) is 0 Å². The second-order valence-electron chi connectivity index (χ2n) is 4.10. The Morgan fingerprint density at radius 3 is 2.38 bits per heavy atom. The fraction of sp³-hybridized carbons (Fsp3) is 0. The molecule has 0 fully saturated rings. The van der Waals surface area contributed by atoms with Crippen molar-refractivity contribution in [3.8, 4) is 0 Å². The van der Waals surface area contributed by atoms with Crippen LogP contribution in [0.3, 0.4) is 0 Å². The number of carbonyl (C=O) groups excluding carboxylic acids is 1. The minimum atomic E-state index is -0.429. The number of rotatable bonds is 3. The van der Waals surface area contributed by atoms with Gasteiger partial charge in [0.1, 0.15) is 4.99 Å². The third kappa shape index (κ3) is 3.74. The van der Waals surface area contributed by atoms with Crippen LogP contribution in [0.1, 0.15) is 15.9 Å². The predicted octanol–water partition coefficient (Wildman–Crippen LogP) is 4.64. The molecular weight excluding hydrogens is 395 g/mol.